The zero-order valence-corrected chi connectivity index (χ0v) is 13.9. The molecule has 0 bridgehead atoms. The Bertz CT molecular complexity index is 688. The average Bonchev–Trinajstić information content (AvgIpc) is 2.53. The van der Waals surface area contributed by atoms with E-state index in [1.807, 2.05) is 36.4 Å². The fourth-order valence-electron chi connectivity index (χ4n) is 2.13. The van der Waals surface area contributed by atoms with Crippen LogP contribution in [0.4, 0.5) is 0 Å². The molecule has 0 aromatic heterocycles. The molecule has 0 saturated heterocycles. The van der Waals surface area contributed by atoms with Crippen LogP contribution in [-0.2, 0) is 23.0 Å². The second kappa shape index (κ2) is 8.11. The number of aryl methyl sites for hydroxylation is 1. The highest BCUT2D eigenvalue weighted by atomic mass is 35.5. The van der Waals surface area contributed by atoms with Crippen molar-refractivity contribution in [1.82, 2.24) is 5.32 Å². The molecule has 0 spiro atoms. The molecule has 0 aliphatic heterocycles. The van der Waals surface area contributed by atoms with Crippen LogP contribution in [0.5, 0.6) is 0 Å². The van der Waals surface area contributed by atoms with E-state index in [1.165, 1.54) is 0 Å². The van der Waals surface area contributed by atoms with Gasteiger partial charge >= 0.3 is 0 Å². The van der Waals surface area contributed by atoms with Crippen molar-refractivity contribution in [2.45, 2.75) is 12.2 Å². The molecule has 0 aliphatic rings. The minimum atomic E-state index is -0.994. The summed E-state index contributed by atoms with van der Waals surface area (Å²) < 4.78 is 12.2. The summed E-state index contributed by atoms with van der Waals surface area (Å²) in [4.78, 5) is 11.6. The third kappa shape index (κ3) is 4.68. The fraction of sp³-hybridized carbons (Fsp3) is 0.235. The zero-order chi connectivity index (χ0) is 15.9. The molecule has 0 heterocycles. The monoisotopic (exact) mass is 335 g/mol. The van der Waals surface area contributed by atoms with Gasteiger partial charge < -0.3 is 5.32 Å². The van der Waals surface area contributed by atoms with Crippen molar-refractivity contribution in [3.8, 4) is 0 Å². The van der Waals surface area contributed by atoms with E-state index in [2.05, 4.69) is 5.32 Å². The van der Waals surface area contributed by atoms with E-state index in [0.29, 0.717) is 28.5 Å². The number of nitrogens with one attached hydrogen (secondary N) is 1. The Labute approximate surface area is 138 Å². The van der Waals surface area contributed by atoms with Crippen molar-refractivity contribution in [2.24, 2.45) is 0 Å². The van der Waals surface area contributed by atoms with Crippen molar-refractivity contribution in [1.29, 1.82) is 0 Å². The topological polar surface area (TPSA) is 46.2 Å². The van der Waals surface area contributed by atoms with Gasteiger partial charge in [0.25, 0.3) is 5.91 Å². The van der Waals surface area contributed by atoms with Crippen molar-refractivity contribution in [2.75, 3.05) is 12.8 Å². The van der Waals surface area contributed by atoms with Crippen LogP contribution in [0.3, 0.4) is 0 Å². The molecule has 0 fully saturated rings. The molecule has 116 valence electrons. The van der Waals surface area contributed by atoms with E-state index in [-0.39, 0.29) is 5.91 Å². The predicted octanol–water partition coefficient (Wildman–Crippen LogP) is 3.19. The maximum absolute atomic E-state index is 12.2. The Morgan fingerprint density at radius 2 is 1.95 bits per heavy atom. The summed E-state index contributed by atoms with van der Waals surface area (Å²) in [7, 11) is 0.600. The third-order valence-electron chi connectivity index (χ3n) is 3.30. The van der Waals surface area contributed by atoms with Crippen LogP contribution in [-0.4, -0.2) is 22.9 Å². The second-order valence-electron chi connectivity index (χ2n) is 4.91. The summed E-state index contributed by atoms with van der Waals surface area (Å²) in [5.74, 6) is 0.854. The number of hydrogen-bond donors (Lipinski definition) is 1. The Hall–Kier alpha value is -1.65. The van der Waals surface area contributed by atoms with Gasteiger partial charge in [0.1, 0.15) is 0 Å². The second-order valence-corrected chi connectivity index (χ2v) is 6.89. The molecule has 1 N–H and O–H groups in total. The van der Waals surface area contributed by atoms with E-state index >= 15 is 0 Å². The lowest BCUT2D eigenvalue weighted by atomic mass is 10.1. The molecule has 0 radical (unpaired) electrons. The molecule has 0 saturated carbocycles. The molecule has 2 aromatic carbocycles. The number of benzene rings is 2. The highest BCUT2D eigenvalue weighted by Crippen LogP contribution is 2.16. The van der Waals surface area contributed by atoms with Crippen molar-refractivity contribution < 1.29 is 9.00 Å². The Morgan fingerprint density at radius 1 is 1.18 bits per heavy atom. The van der Waals surface area contributed by atoms with Crippen LogP contribution in [0.15, 0.2) is 48.5 Å². The van der Waals surface area contributed by atoms with Gasteiger partial charge in [-0.25, -0.2) is 0 Å². The number of hydrogen-bond acceptors (Lipinski definition) is 2. The van der Waals surface area contributed by atoms with Gasteiger partial charge in [0, 0.05) is 39.9 Å². The maximum Gasteiger partial charge on any atom is 0.251 e. The molecular weight excluding hydrogens is 318 g/mol. The number of carbonyl (C=O) groups excluding carboxylic acids is 1. The number of carbonyl (C=O) groups is 1. The Morgan fingerprint density at radius 3 is 2.68 bits per heavy atom. The predicted molar refractivity (Wildman–Crippen MR) is 91.7 cm³/mol. The van der Waals surface area contributed by atoms with Gasteiger partial charge in [-0.1, -0.05) is 41.9 Å². The van der Waals surface area contributed by atoms with Gasteiger partial charge in [0.15, 0.2) is 0 Å². The SMILES string of the molecule is CNC(=O)c1cccc(C[S@@](=O)CCc2ccccc2Cl)c1. The molecule has 1 amide bonds. The van der Waals surface area contributed by atoms with Crippen LogP contribution in [0.2, 0.25) is 5.02 Å². The lowest BCUT2D eigenvalue weighted by Gasteiger charge is -2.06. The Balaban J connectivity index is 1.95. The maximum atomic E-state index is 12.2. The summed E-state index contributed by atoms with van der Waals surface area (Å²) in [6.07, 6.45) is 0.682. The molecule has 0 aliphatic carbocycles. The normalized spacial score (nSPS) is 11.9. The Kier molecular flexibility index (Phi) is 6.16. The largest absolute Gasteiger partial charge is 0.355 e. The average molecular weight is 336 g/mol. The lowest BCUT2D eigenvalue weighted by molar-refractivity contribution is 0.0963. The first kappa shape index (κ1) is 16.7. The summed E-state index contributed by atoms with van der Waals surface area (Å²) in [6, 6.07) is 14.8. The number of halogens is 1. The van der Waals surface area contributed by atoms with Gasteiger partial charge in [-0.3, -0.25) is 9.00 Å². The molecule has 1 atom stereocenters. The highest BCUT2D eigenvalue weighted by Gasteiger charge is 2.08. The molecule has 3 nitrogen and oxygen atoms in total. The first-order valence-electron chi connectivity index (χ1n) is 6.99. The first-order chi connectivity index (χ1) is 10.6. The third-order valence-corrected chi connectivity index (χ3v) is 4.98. The smallest absolute Gasteiger partial charge is 0.251 e. The van der Waals surface area contributed by atoms with Crippen molar-refractivity contribution >= 4 is 28.3 Å². The van der Waals surface area contributed by atoms with E-state index in [0.717, 1.165) is 11.1 Å². The van der Waals surface area contributed by atoms with Gasteiger partial charge in [0.05, 0.1) is 0 Å². The molecule has 0 unspecified atom stereocenters. The lowest BCUT2D eigenvalue weighted by Crippen LogP contribution is -2.17. The number of rotatable bonds is 6. The van der Waals surface area contributed by atoms with E-state index < -0.39 is 10.8 Å². The van der Waals surface area contributed by atoms with Crippen LogP contribution in [0.1, 0.15) is 21.5 Å². The summed E-state index contributed by atoms with van der Waals surface area (Å²) in [5.41, 5.74) is 2.50. The summed E-state index contributed by atoms with van der Waals surface area (Å²) >= 11 is 6.10. The van der Waals surface area contributed by atoms with E-state index in [9.17, 15) is 9.00 Å². The molecule has 2 aromatic rings. The molecular formula is C17H18ClNO2S. The fourth-order valence-corrected chi connectivity index (χ4v) is 3.50. The zero-order valence-electron chi connectivity index (χ0n) is 12.3. The minimum Gasteiger partial charge on any atom is -0.355 e. The minimum absolute atomic E-state index is 0.135. The molecule has 22 heavy (non-hydrogen) atoms. The molecule has 5 heteroatoms. The van der Waals surface area contributed by atoms with E-state index in [1.54, 1.807) is 19.2 Å². The molecule has 2 rings (SSSR count). The van der Waals surface area contributed by atoms with Crippen LogP contribution in [0, 0.1) is 0 Å². The highest BCUT2D eigenvalue weighted by molar-refractivity contribution is 7.84. The quantitative estimate of drug-likeness (QED) is 0.881. The van der Waals surface area contributed by atoms with Crippen LogP contribution >= 0.6 is 11.6 Å². The standard InChI is InChI=1S/C17H18ClNO2S/c1-19-17(20)15-7-4-5-13(11-15)12-22(21)10-9-14-6-2-3-8-16(14)18/h2-8,11H,9-10,12H2,1H3,(H,19,20)/t22-/m0/s1. The van der Waals surface area contributed by atoms with E-state index in [4.69, 9.17) is 11.6 Å². The van der Waals surface area contributed by atoms with Crippen molar-refractivity contribution in [3.63, 3.8) is 0 Å². The van der Waals surface area contributed by atoms with Gasteiger partial charge in [-0.2, -0.15) is 0 Å². The summed E-state index contributed by atoms with van der Waals surface area (Å²) in [5, 5.41) is 3.29. The number of amides is 1. The van der Waals surface area contributed by atoms with Gasteiger partial charge in [-0.05, 0) is 35.7 Å². The van der Waals surface area contributed by atoms with Crippen molar-refractivity contribution in [3.05, 3.63) is 70.2 Å². The summed E-state index contributed by atoms with van der Waals surface area (Å²) in [6.45, 7) is 0. The first-order valence-corrected chi connectivity index (χ1v) is 8.86. The van der Waals surface area contributed by atoms with Gasteiger partial charge in [-0.15, -0.1) is 0 Å². The van der Waals surface area contributed by atoms with Gasteiger partial charge in [0.2, 0.25) is 0 Å². The van der Waals surface area contributed by atoms with Crippen LogP contribution < -0.4 is 5.32 Å². The van der Waals surface area contributed by atoms with Crippen LogP contribution in [0.25, 0.3) is 0 Å².